The third kappa shape index (κ3) is 2.07. The first-order valence-electron chi connectivity index (χ1n) is 5.58. The molecule has 0 aliphatic rings. The van der Waals surface area contributed by atoms with Crippen molar-refractivity contribution in [3.8, 4) is 0 Å². The minimum atomic E-state index is 0.494. The molecule has 1 aromatic carbocycles. The highest BCUT2D eigenvalue weighted by molar-refractivity contribution is 5.85. The number of fused-ring (bicyclic) bond motifs is 1. The zero-order valence-electron chi connectivity index (χ0n) is 10.0. The third-order valence-electron chi connectivity index (χ3n) is 2.79. The highest BCUT2D eigenvalue weighted by Crippen LogP contribution is 2.25. The van der Waals surface area contributed by atoms with E-state index >= 15 is 0 Å². The van der Waals surface area contributed by atoms with Crippen molar-refractivity contribution in [2.45, 2.75) is 26.4 Å². The Morgan fingerprint density at radius 3 is 2.75 bits per heavy atom. The van der Waals surface area contributed by atoms with Gasteiger partial charge in [0.25, 0.3) is 0 Å². The fourth-order valence-electron chi connectivity index (χ4n) is 1.95. The van der Waals surface area contributed by atoms with Crippen molar-refractivity contribution in [2.75, 3.05) is 7.11 Å². The Labute approximate surface area is 96.3 Å². The standard InChI is InChI=1S/C14H17NO/c1-10(2)14-8-15-7-12-5-4-11(9-16-3)6-13(12)14/h4-8,10H,9H2,1-3H3. The minimum absolute atomic E-state index is 0.494. The van der Waals surface area contributed by atoms with Gasteiger partial charge in [0.05, 0.1) is 6.61 Å². The molecular formula is C14H17NO. The van der Waals surface area contributed by atoms with Crippen molar-refractivity contribution in [3.05, 3.63) is 41.7 Å². The first kappa shape index (κ1) is 11.1. The summed E-state index contributed by atoms with van der Waals surface area (Å²) in [6.07, 6.45) is 3.88. The molecule has 0 aliphatic carbocycles. The number of aromatic nitrogens is 1. The van der Waals surface area contributed by atoms with Crippen LogP contribution in [0, 0.1) is 0 Å². The number of benzene rings is 1. The Hall–Kier alpha value is -1.41. The molecule has 0 amide bonds. The summed E-state index contributed by atoms with van der Waals surface area (Å²) in [5.41, 5.74) is 2.51. The lowest BCUT2D eigenvalue weighted by atomic mass is 9.97. The second kappa shape index (κ2) is 4.62. The number of hydrogen-bond donors (Lipinski definition) is 0. The van der Waals surface area contributed by atoms with Crippen LogP contribution in [0.1, 0.15) is 30.9 Å². The summed E-state index contributed by atoms with van der Waals surface area (Å²) >= 11 is 0. The van der Waals surface area contributed by atoms with Crippen molar-refractivity contribution in [3.63, 3.8) is 0 Å². The van der Waals surface area contributed by atoms with Crippen LogP contribution in [0.25, 0.3) is 10.8 Å². The smallest absolute Gasteiger partial charge is 0.0713 e. The van der Waals surface area contributed by atoms with Crippen LogP contribution in [0.15, 0.2) is 30.6 Å². The van der Waals surface area contributed by atoms with E-state index < -0.39 is 0 Å². The van der Waals surface area contributed by atoms with E-state index in [-0.39, 0.29) is 0 Å². The van der Waals surface area contributed by atoms with Crippen LogP contribution in [0.5, 0.6) is 0 Å². The van der Waals surface area contributed by atoms with E-state index in [1.54, 1.807) is 7.11 Å². The summed E-state index contributed by atoms with van der Waals surface area (Å²) in [6, 6.07) is 6.41. The van der Waals surface area contributed by atoms with Crippen LogP contribution in [0.3, 0.4) is 0 Å². The molecule has 2 rings (SSSR count). The summed E-state index contributed by atoms with van der Waals surface area (Å²) < 4.78 is 5.16. The van der Waals surface area contributed by atoms with E-state index in [2.05, 4.69) is 37.0 Å². The van der Waals surface area contributed by atoms with Gasteiger partial charge in [0.15, 0.2) is 0 Å². The predicted molar refractivity (Wildman–Crippen MR) is 66.5 cm³/mol. The number of pyridine rings is 1. The lowest BCUT2D eigenvalue weighted by Gasteiger charge is -2.10. The number of hydrogen-bond acceptors (Lipinski definition) is 2. The fraction of sp³-hybridized carbons (Fsp3) is 0.357. The second-order valence-corrected chi connectivity index (χ2v) is 4.37. The first-order valence-corrected chi connectivity index (χ1v) is 5.58. The van der Waals surface area contributed by atoms with Crippen molar-refractivity contribution in [2.24, 2.45) is 0 Å². The third-order valence-corrected chi connectivity index (χ3v) is 2.79. The number of methoxy groups -OCH3 is 1. The quantitative estimate of drug-likeness (QED) is 0.781. The van der Waals surface area contributed by atoms with Gasteiger partial charge in [0.2, 0.25) is 0 Å². The van der Waals surface area contributed by atoms with Gasteiger partial charge in [-0.25, -0.2) is 0 Å². The van der Waals surface area contributed by atoms with Gasteiger partial charge in [0.1, 0.15) is 0 Å². The molecule has 1 heterocycles. The van der Waals surface area contributed by atoms with Crippen molar-refractivity contribution >= 4 is 10.8 Å². The molecular weight excluding hydrogens is 198 g/mol. The minimum Gasteiger partial charge on any atom is -0.380 e. The SMILES string of the molecule is COCc1ccc2cncc(C(C)C)c2c1. The average Bonchev–Trinajstić information content (AvgIpc) is 2.28. The summed E-state index contributed by atoms with van der Waals surface area (Å²) in [7, 11) is 1.72. The van der Waals surface area contributed by atoms with Crippen molar-refractivity contribution in [1.82, 2.24) is 4.98 Å². The maximum Gasteiger partial charge on any atom is 0.0713 e. The molecule has 84 valence electrons. The largest absolute Gasteiger partial charge is 0.380 e. The molecule has 2 heteroatoms. The van der Waals surface area contributed by atoms with E-state index in [1.807, 2.05) is 12.4 Å². The van der Waals surface area contributed by atoms with Gasteiger partial charge in [-0.05, 0) is 28.5 Å². The van der Waals surface area contributed by atoms with Crippen LogP contribution in [0.4, 0.5) is 0 Å². The van der Waals surface area contributed by atoms with E-state index in [1.165, 1.54) is 21.9 Å². The first-order chi connectivity index (χ1) is 7.72. The molecule has 0 saturated heterocycles. The van der Waals surface area contributed by atoms with E-state index in [4.69, 9.17) is 4.74 Å². The summed E-state index contributed by atoms with van der Waals surface area (Å²) in [5, 5.41) is 2.49. The molecule has 0 fully saturated rings. The molecule has 0 saturated carbocycles. The summed E-state index contributed by atoms with van der Waals surface area (Å²) in [6.45, 7) is 5.05. The number of nitrogens with zero attached hydrogens (tertiary/aromatic N) is 1. The summed E-state index contributed by atoms with van der Waals surface area (Å²) in [4.78, 5) is 4.28. The molecule has 2 nitrogen and oxygen atoms in total. The molecule has 1 aromatic heterocycles. The molecule has 0 bridgehead atoms. The topological polar surface area (TPSA) is 22.1 Å². The molecule has 0 spiro atoms. The Morgan fingerprint density at radius 1 is 1.25 bits per heavy atom. The van der Waals surface area contributed by atoms with Gasteiger partial charge < -0.3 is 4.74 Å². The molecule has 0 N–H and O–H groups in total. The van der Waals surface area contributed by atoms with Crippen molar-refractivity contribution in [1.29, 1.82) is 0 Å². The molecule has 0 unspecified atom stereocenters. The highest BCUT2D eigenvalue weighted by atomic mass is 16.5. The average molecular weight is 215 g/mol. The van der Waals surface area contributed by atoms with Gasteiger partial charge in [0, 0.05) is 24.9 Å². The monoisotopic (exact) mass is 215 g/mol. The van der Waals surface area contributed by atoms with E-state index in [9.17, 15) is 0 Å². The van der Waals surface area contributed by atoms with E-state index in [0.29, 0.717) is 12.5 Å². The van der Waals surface area contributed by atoms with Gasteiger partial charge in [-0.1, -0.05) is 26.0 Å². The fourth-order valence-corrected chi connectivity index (χ4v) is 1.95. The maximum atomic E-state index is 5.16. The predicted octanol–water partition coefficient (Wildman–Crippen LogP) is 3.50. The molecule has 0 radical (unpaired) electrons. The van der Waals surface area contributed by atoms with Gasteiger partial charge in [-0.3, -0.25) is 4.98 Å². The summed E-state index contributed by atoms with van der Waals surface area (Å²) in [5.74, 6) is 0.494. The van der Waals surface area contributed by atoms with Gasteiger partial charge in [-0.15, -0.1) is 0 Å². The maximum absolute atomic E-state index is 5.16. The zero-order chi connectivity index (χ0) is 11.5. The lowest BCUT2D eigenvalue weighted by molar-refractivity contribution is 0.185. The van der Waals surface area contributed by atoms with Crippen LogP contribution >= 0.6 is 0 Å². The Morgan fingerprint density at radius 2 is 2.06 bits per heavy atom. The zero-order valence-corrected chi connectivity index (χ0v) is 10.0. The Balaban J connectivity index is 2.59. The molecule has 0 aliphatic heterocycles. The normalized spacial score (nSPS) is 11.2. The molecule has 2 aromatic rings. The Bertz CT molecular complexity index is 491. The van der Waals surface area contributed by atoms with Crippen LogP contribution in [0.2, 0.25) is 0 Å². The van der Waals surface area contributed by atoms with Gasteiger partial charge in [-0.2, -0.15) is 0 Å². The lowest BCUT2D eigenvalue weighted by Crippen LogP contribution is -1.93. The van der Waals surface area contributed by atoms with Crippen LogP contribution in [-0.4, -0.2) is 12.1 Å². The van der Waals surface area contributed by atoms with Crippen LogP contribution in [-0.2, 0) is 11.3 Å². The number of rotatable bonds is 3. The van der Waals surface area contributed by atoms with Crippen molar-refractivity contribution < 1.29 is 4.74 Å². The van der Waals surface area contributed by atoms with Gasteiger partial charge >= 0.3 is 0 Å². The number of ether oxygens (including phenoxy) is 1. The second-order valence-electron chi connectivity index (χ2n) is 4.37. The Kier molecular flexibility index (Phi) is 3.20. The van der Waals surface area contributed by atoms with Crippen LogP contribution < -0.4 is 0 Å². The van der Waals surface area contributed by atoms with E-state index in [0.717, 1.165) is 0 Å². The highest BCUT2D eigenvalue weighted by Gasteiger charge is 2.06. The molecule has 0 atom stereocenters. The molecule has 16 heavy (non-hydrogen) atoms.